The van der Waals surface area contributed by atoms with Gasteiger partial charge in [0.2, 0.25) is 0 Å². The molecule has 21 heavy (non-hydrogen) atoms. The SMILES string of the molecule is CC(NC(=O)COc1cccc(I)c1)C1CC2CCC1C2. The van der Waals surface area contributed by atoms with Crippen molar-refractivity contribution >= 4 is 28.5 Å². The minimum atomic E-state index is -0.0101. The van der Waals surface area contributed by atoms with Crippen LogP contribution in [0.5, 0.6) is 5.75 Å². The Morgan fingerprint density at radius 1 is 1.43 bits per heavy atom. The van der Waals surface area contributed by atoms with Gasteiger partial charge in [-0.15, -0.1) is 0 Å². The second kappa shape index (κ2) is 6.55. The van der Waals surface area contributed by atoms with Crippen molar-refractivity contribution in [2.75, 3.05) is 6.61 Å². The topological polar surface area (TPSA) is 38.3 Å². The molecule has 4 atom stereocenters. The number of nitrogens with one attached hydrogen (secondary N) is 1. The molecule has 1 amide bonds. The summed E-state index contributed by atoms with van der Waals surface area (Å²) in [5.41, 5.74) is 0. The van der Waals surface area contributed by atoms with Gasteiger partial charge < -0.3 is 10.1 Å². The van der Waals surface area contributed by atoms with Gasteiger partial charge in [-0.05, 0) is 84.7 Å². The summed E-state index contributed by atoms with van der Waals surface area (Å²) in [6, 6.07) is 8.03. The van der Waals surface area contributed by atoms with Gasteiger partial charge in [-0.2, -0.15) is 0 Å². The van der Waals surface area contributed by atoms with E-state index < -0.39 is 0 Å². The Morgan fingerprint density at radius 3 is 2.95 bits per heavy atom. The lowest BCUT2D eigenvalue weighted by Gasteiger charge is -2.28. The molecular formula is C17H22INO2. The van der Waals surface area contributed by atoms with Crippen LogP contribution in [-0.4, -0.2) is 18.6 Å². The average Bonchev–Trinajstić information content (AvgIpc) is 3.08. The number of halogens is 1. The lowest BCUT2D eigenvalue weighted by Crippen LogP contribution is -2.42. The van der Waals surface area contributed by atoms with Crippen LogP contribution >= 0.6 is 22.6 Å². The molecule has 3 nitrogen and oxygen atoms in total. The molecule has 4 unspecified atom stereocenters. The number of benzene rings is 1. The zero-order valence-electron chi connectivity index (χ0n) is 12.3. The van der Waals surface area contributed by atoms with Crippen LogP contribution in [0.3, 0.4) is 0 Å². The summed E-state index contributed by atoms with van der Waals surface area (Å²) >= 11 is 2.24. The van der Waals surface area contributed by atoms with Gasteiger partial charge in [-0.1, -0.05) is 12.5 Å². The molecule has 2 fully saturated rings. The Hall–Kier alpha value is -0.780. The van der Waals surface area contributed by atoms with Crippen molar-refractivity contribution in [2.45, 2.75) is 38.6 Å². The van der Waals surface area contributed by atoms with Gasteiger partial charge in [0, 0.05) is 9.61 Å². The fourth-order valence-electron chi connectivity index (χ4n) is 4.01. The van der Waals surface area contributed by atoms with Gasteiger partial charge >= 0.3 is 0 Å². The third kappa shape index (κ3) is 3.71. The van der Waals surface area contributed by atoms with E-state index in [-0.39, 0.29) is 18.6 Å². The van der Waals surface area contributed by atoms with Gasteiger partial charge in [-0.3, -0.25) is 4.79 Å². The monoisotopic (exact) mass is 399 g/mol. The molecule has 2 aliphatic carbocycles. The highest BCUT2D eigenvalue weighted by Gasteiger charge is 2.42. The standard InChI is InChI=1S/C17H22INO2/c1-11(16-8-12-5-6-13(16)7-12)19-17(20)10-21-15-4-2-3-14(18)9-15/h2-4,9,11-13,16H,5-8,10H2,1H3,(H,19,20). The van der Waals surface area contributed by atoms with Crippen LogP contribution in [0, 0.1) is 21.3 Å². The fraction of sp³-hybridized carbons (Fsp3) is 0.588. The summed E-state index contributed by atoms with van der Waals surface area (Å²) in [6.07, 6.45) is 5.43. The molecule has 0 aliphatic heterocycles. The molecule has 0 saturated heterocycles. The minimum Gasteiger partial charge on any atom is -0.484 e. The Balaban J connectivity index is 1.46. The second-order valence-electron chi connectivity index (χ2n) is 6.44. The van der Waals surface area contributed by atoms with Crippen molar-refractivity contribution < 1.29 is 9.53 Å². The van der Waals surface area contributed by atoms with E-state index in [1.54, 1.807) is 0 Å². The van der Waals surface area contributed by atoms with Gasteiger partial charge in [-0.25, -0.2) is 0 Å². The number of amides is 1. The molecular weight excluding hydrogens is 377 g/mol. The molecule has 2 bridgehead atoms. The second-order valence-corrected chi connectivity index (χ2v) is 7.69. The lowest BCUT2D eigenvalue weighted by atomic mass is 9.84. The zero-order valence-corrected chi connectivity index (χ0v) is 14.5. The zero-order chi connectivity index (χ0) is 14.8. The first-order chi connectivity index (χ1) is 10.1. The number of ether oxygens (including phenoxy) is 1. The Kier molecular flexibility index (Phi) is 4.72. The minimum absolute atomic E-state index is 0.0101. The van der Waals surface area contributed by atoms with E-state index in [0.29, 0.717) is 5.92 Å². The average molecular weight is 399 g/mol. The maximum atomic E-state index is 12.0. The Morgan fingerprint density at radius 2 is 2.29 bits per heavy atom. The molecule has 1 aromatic carbocycles. The number of fused-ring (bicyclic) bond motifs is 2. The first-order valence-corrected chi connectivity index (χ1v) is 8.87. The Labute approximate surface area is 140 Å². The number of hydrogen-bond acceptors (Lipinski definition) is 2. The van der Waals surface area contributed by atoms with Crippen LogP contribution in [0.25, 0.3) is 0 Å². The van der Waals surface area contributed by atoms with Crippen LogP contribution in [0.15, 0.2) is 24.3 Å². The van der Waals surface area contributed by atoms with E-state index in [0.717, 1.165) is 21.2 Å². The maximum Gasteiger partial charge on any atom is 0.258 e. The molecule has 4 heteroatoms. The Bertz CT molecular complexity index is 519. The van der Waals surface area contributed by atoms with Crippen LogP contribution < -0.4 is 10.1 Å². The van der Waals surface area contributed by atoms with E-state index in [4.69, 9.17) is 4.74 Å². The van der Waals surface area contributed by atoms with Gasteiger partial charge in [0.05, 0.1) is 0 Å². The molecule has 2 saturated carbocycles. The van der Waals surface area contributed by atoms with E-state index in [9.17, 15) is 4.79 Å². The summed E-state index contributed by atoms with van der Waals surface area (Å²) in [6.45, 7) is 2.25. The first-order valence-electron chi connectivity index (χ1n) is 7.79. The third-order valence-corrected chi connectivity index (χ3v) is 5.66. The molecule has 0 spiro atoms. The molecule has 0 heterocycles. The summed E-state index contributed by atoms with van der Waals surface area (Å²) in [5.74, 6) is 3.17. The number of hydrogen-bond donors (Lipinski definition) is 1. The predicted octanol–water partition coefficient (Wildman–Crippen LogP) is 3.61. The third-order valence-electron chi connectivity index (χ3n) is 4.99. The molecule has 1 N–H and O–H groups in total. The molecule has 3 rings (SSSR count). The van der Waals surface area contributed by atoms with Crippen molar-refractivity contribution in [3.63, 3.8) is 0 Å². The fourth-order valence-corrected chi connectivity index (χ4v) is 4.53. The quantitative estimate of drug-likeness (QED) is 0.769. The molecule has 0 radical (unpaired) electrons. The number of carbonyl (C=O) groups excluding carboxylic acids is 1. The molecule has 1 aromatic rings. The van der Waals surface area contributed by atoms with Gasteiger partial charge in [0.1, 0.15) is 5.75 Å². The maximum absolute atomic E-state index is 12.0. The smallest absolute Gasteiger partial charge is 0.258 e. The van der Waals surface area contributed by atoms with Crippen molar-refractivity contribution in [3.8, 4) is 5.75 Å². The highest BCUT2D eigenvalue weighted by atomic mass is 127. The van der Waals surface area contributed by atoms with Crippen LogP contribution in [-0.2, 0) is 4.79 Å². The summed E-state index contributed by atoms with van der Waals surface area (Å²) < 4.78 is 6.67. The van der Waals surface area contributed by atoms with Crippen LogP contribution in [0.1, 0.15) is 32.6 Å². The summed E-state index contributed by atoms with van der Waals surface area (Å²) in [7, 11) is 0. The van der Waals surface area contributed by atoms with Crippen molar-refractivity contribution in [1.29, 1.82) is 0 Å². The molecule has 0 aromatic heterocycles. The number of rotatable bonds is 5. The lowest BCUT2D eigenvalue weighted by molar-refractivity contribution is -0.124. The molecule has 2 aliphatic rings. The van der Waals surface area contributed by atoms with Crippen molar-refractivity contribution in [2.24, 2.45) is 17.8 Å². The largest absolute Gasteiger partial charge is 0.484 e. The van der Waals surface area contributed by atoms with Crippen molar-refractivity contribution in [1.82, 2.24) is 5.32 Å². The van der Waals surface area contributed by atoms with E-state index in [1.165, 1.54) is 25.7 Å². The van der Waals surface area contributed by atoms with E-state index >= 15 is 0 Å². The van der Waals surface area contributed by atoms with Gasteiger partial charge in [0.25, 0.3) is 5.91 Å². The predicted molar refractivity (Wildman–Crippen MR) is 91.2 cm³/mol. The summed E-state index contributed by atoms with van der Waals surface area (Å²) in [5, 5.41) is 3.13. The first kappa shape index (κ1) is 15.1. The van der Waals surface area contributed by atoms with E-state index in [1.807, 2.05) is 24.3 Å². The van der Waals surface area contributed by atoms with Crippen LogP contribution in [0.4, 0.5) is 0 Å². The normalized spacial score (nSPS) is 28.4. The van der Waals surface area contributed by atoms with Crippen LogP contribution in [0.2, 0.25) is 0 Å². The van der Waals surface area contributed by atoms with E-state index in [2.05, 4.69) is 34.8 Å². The van der Waals surface area contributed by atoms with Crippen molar-refractivity contribution in [3.05, 3.63) is 27.8 Å². The molecule has 114 valence electrons. The van der Waals surface area contributed by atoms with Gasteiger partial charge in [0.15, 0.2) is 6.61 Å². The summed E-state index contributed by atoms with van der Waals surface area (Å²) in [4.78, 5) is 12.0. The highest BCUT2D eigenvalue weighted by Crippen LogP contribution is 2.49. The highest BCUT2D eigenvalue weighted by molar-refractivity contribution is 14.1. The number of carbonyl (C=O) groups is 1.